The lowest BCUT2D eigenvalue weighted by Crippen LogP contribution is -1.83. The van der Waals surface area contributed by atoms with E-state index in [0.717, 1.165) is 22.1 Å². The number of halogens is 1. The highest BCUT2D eigenvalue weighted by atomic mass is 19.1. The third kappa shape index (κ3) is 2.52. The van der Waals surface area contributed by atoms with Crippen LogP contribution in [-0.4, -0.2) is 10.2 Å². The van der Waals surface area contributed by atoms with Crippen molar-refractivity contribution in [1.82, 2.24) is 0 Å². The van der Waals surface area contributed by atoms with Crippen molar-refractivity contribution >= 4 is 11.0 Å². The van der Waals surface area contributed by atoms with Crippen LogP contribution in [0.5, 0.6) is 11.5 Å². The van der Waals surface area contributed by atoms with E-state index >= 15 is 0 Å². The largest absolute Gasteiger partial charge is 0.508 e. The van der Waals surface area contributed by atoms with Gasteiger partial charge in [-0.2, -0.15) is 0 Å². The van der Waals surface area contributed by atoms with Gasteiger partial charge in [0.15, 0.2) is 11.6 Å². The zero-order valence-electron chi connectivity index (χ0n) is 13.5. The molecule has 0 atom stereocenters. The van der Waals surface area contributed by atoms with Crippen LogP contribution in [0.3, 0.4) is 0 Å². The summed E-state index contributed by atoms with van der Waals surface area (Å²) in [5, 5.41) is 20.2. The number of aryl methyl sites for hydroxylation is 1. The van der Waals surface area contributed by atoms with Gasteiger partial charge >= 0.3 is 0 Å². The van der Waals surface area contributed by atoms with Crippen molar-refractivity contribution in [3.05, 3.63) is 72.0 Å². The van der Waals surface area contributed by atoms with Crippen LogP contribution in [0, 0.1) is 12.7 Å². The molecule has 0 aliphatic rings. The lowest BCUT2D eigenvalue weighted by atomic mass is 9.97. The molecule has 124 valence electrons. The summed E-state index contributed by atoms with van der Waals surface area (Å²) in [5.41, 5.74) is 3.62. The van der Waals surface area contributed by atoms with Gasteiger partial charge in [-0.3, -0.25) is 0 Å². The van der Waals surface area contributed by atoms with E-state index in [4.69, 9.17) is 4.42 Å². The first-order valence-corrected chi connectivity index (χ1v) is 7.85. The maximum Gasteiger partial charge on any atom is 0.165 e. The van der Waals surface area contributed by atoms with Gasteiger partial charge in [0.25, 0.3) is 0 Å². The fraction of sp³-hybridized carbons (Fsp3) is 0.0476. The van der Waals surface area contributed by atoms with Crippen molar-refractivity contribution in [2.45, 2.75) is 6.92 Å². The first-order valence-electron chi connectivity index (χ1n) is 7.85. The predicted octanol–water partition coefficient (Wildman–Crippen LogP) is 5.63. The Morgan fingerprint density at radius 2 is 1.64 bits per heavy atom. The Morgan fingerprint density at radius 3 is 2.36 bits per heavy atom. The standard InChI is InChI=1S/C21H15FO3/c1-12-9-15(23)11-16-19(13-5-3-2-4-6-13)21(25-20(12)16)14-7-8-18(24)17(22)10-14/h2-11,23-24H,1H3. The molecule has 0 amide bonds. The van der Waals surface area contributed by atoms with E-state index in [9.17, 15) is 14.6 Å². The third-order valence-corrected chi connectivity index (χ3v) is 4.23. The van der Waals surface area contributed by atoms with Crippen molar-refractivity contribution in [3.63, 3.8) is 0 Å². The van der Waals surface area contributed by atoms with Crippen LogP contribution in [0.25, 0.3) is 33.4 Å². The van der Waals surface area contributed by atoms with Crippen LogP contribution in [0.1, 0.15) is 5.56 Å². The summed E-state index contributed by atoms with van der Waals surface area (Å²) in [5.74, 6) is -0.480. The number of hydrogen-bond donors (Lipinski definition) is 2. The van der Waals surface area contributed by atoms with Crippen LogP contribution in [-0.2, 0) is 0 Å². The van der Waals surface area contributed by atoms with E-state index in [-0.39, 0.29) is 5.75 Å². The summed E-state index contributed by atoms with van der Waals surface area (Å²) in [4.78, 5) is 0. The fourth-order valence-corrected chi connectivity index (χ4v) is 3.09. The van der Waals surface area contributed by atoms with Gasteiger partial charge < -0.3 is 14.6 Å². The lowest BCUT2D eigenvalue weighted by molar-refractivity contribution is 0.432. The minimum Gasteiger partial charge on any atom is -0.508 e. The molecule has 0 fully saturated rings. The zero-order valence-corrected chi connectivity index (χ0v) is 13.5. The van der Waals surface area contributed by atoms with Crippen molar-refractivity contribution in [3.8, 4) is 33.9 Å². The average molecular weight is 334 g/mol. The smallest absolute Gasteiger partial charge is 0.165 e. The van der Waals surface area contributed by atoms with E-state index in [1.165, 1.54) is 12.1 Å². The summed E-state index contributed by atoms with van der Waals surface area (Å²) < 4.78 is 19.9. The minimum absolute atomic E-state index is 0.145. The van der Waals surface area contributed by atoms with Gasteiger partial charge in [0.1, 0.15) is 17.1 Å². The monoisotopic (exact) mass is 334 g/mol. The molecule has 0 saturated carbocycles. The quantitative estimate of drug-likeness (QED) is 0.500. The normalized spacial score (nSPS) is 11.1. The molecule has 0 saturated heterocycles. The number of fused-ring (bicyclic) bond motifs is 1. The van der Waals surface area contributed by atoms with E-state index in [2.05, 4.69) is 0 Å². The molecule has 1 heterocycles. The Morgan fingerprint density at radius 1 is 0.880 bits per heavy atom. The summed E-state index contributed by atoms with van der Waals surface area (Å²) >= 11 is 0. The van der Waals surface area contributed by atoms with Crippen LogP contribution in [0.2, 0.25) is 0 Å². The van der Waals surface area contributed by atoms with Crippen molar-refractivity contribution in [2.75, 3.05) is 0 Å². The summed E-state index contributed by atoms with van der Waals surface area (Å²) in [6.45, 7) is 1.85. The molecule has 0 aliphatic heterocycles. The van der Waals surface area contributed by atoms with Gasteiger partial charge in [-0.25, -0.2) is 4.39 Å². The summed E-state index contributed by atoms with van der Waals surface area (Å²) in [6.07, 6.45) is 0. The van der Waals surface area contributed by atoms with Gasteiger partial charge in [0.05, 0.1) is 0 Å². The number of phenolic OH excluding ortho intramolecular Hbond substituents is 2. The number of rotatable bonds is 2. The van der Waals surface area contributed by atoms with Crippen molar-refractivity contribution in [2.24, 2.45) is 0 Å². The van der Waals surface area contributed by atoms with Gasteiger partial charge in [0.2, 0.25) is 0 Å². The minimum atomic E-state index is -0.712. The SMILES string of the molecule is Cc1cc(O)cc2c(-c3ccccc3)c(-c3ccc(O)c(F)c3)oc12. The first kappa shape index (κ1) is 15.3. The molecule has 3 aromatic carbocycles. The molecular formula is C21H15FO3. The summed E-state index contributed by atoms with van der Waals surface area (Å²) in [6, 6.07) is 17.0. The molecule has 2 N–H and O–H groups in total. The second kappa shape index (κ2) is 5.67. The number of benzene rings is 3. The number of furan rings is 1. The molecule has 0 aliphatic carbocycles. The maximum atomic E-state index is 13.9. The number of hydrogen-bond acceptors (Lipinski definition) is 3. The van der Waals surface area contributed by atoms with Crippen LogP contribution >= 0.6 is 0 Å². The average Bonchev–Trinajstić information content (AvgIpc) is 2.98. The molecule has 3 nitrogen and oxygen atoms in total. The molecule has 25 heavy (non-hydrogen) atoms. The Labute approximate surface area is 143 Å². The lowest BCUT2D eigenvalue weighted by Gasteiger charge is -2.05. The molecule has 1 aromatic heterocycles. The molecule has 0 bridgehead atoms. The number of phenols is 2. The second-order valence-electron chi connectivity index (χ2n) is 5.98. The highest BCUT2D eigenvalue weighted by Gasteiger charge is 2.20. The van der Waals surface area contributed by atoms with Crippen molar-refractivity contribution < 1.29 is 19.0 Å². The van der Waals surface area contributed by atoms with E-state index < -0.39 is 11.6 Å². The Kier molecular flexibility index (Phi) is 3.46. The highest BCUT2D eigenvalue weighted by molar-refractivity contribution is 6.03. The Hall–Kier alpha value is -3.27. The predicted molar refractivity (Wildman–Crippen MR) is 95.1 cm³/mol. The molecular weight excluding hydrogens is 319 g/mol. The molecule has 4 aromatic rings. The van der Waals surface area contributed by atoms with Gasteiger partial charge in [0, 0.05) is 16.5 Å². The Balaban J connectivity index is 2.10. The summed E-state index contributed by atoms with van der Waals surface area (Å²) in [7, 11) is 0. The third-order valence-electron chi connectivity index (χ3n) is 4.23. The van der Waals surface area contributed by atoms with Crippen molar-refractivity contribution in [1.29, 1.82) is 0 Å². The van der Waals surface area contributed by atoms with E-state index in [1.54, 1.807) is 18.2 Å². The van der Waals surface area contributed by atoms with Gasteiger partial charge in [-0.1, -0.05) is 30.3 Å². The molecule has 0 unspecified atom stereocenters. The fourth-order valence-electron chi connectivity index (χ4n) is 3.09. The molecule has 0 spiro atoms. The zero-order chi connectivity index (χ0) is 17.6. The van der Waals surface area contributed by atoms with Crippen LogP contribution in [0.4, 0.5) is 4.39 Å². The van der Waals surface area contributed by atoms with Crippen LogP contribution < -0.4 is 0 Å². The maximum absolute atomic E-state index is 13.9. The Bertz CT molecular complexity index is 1080. The molecule has 0 radical (unpaired) electrons. The topological polar surface area (TPSA) is 53.6 Å². The second-order valence-corrected chi connectivity index (χ2v) is 5.98. The van der Waals surface area contributed by atoms with Crippen LogP contribution in [0.15, 0.2) is 65.1 Å². The van der Waals surface area contributed by atoms with Gasteiger partial charge in [-0.15, -0.1) is 0 Å². The van der Waals surface area contributed by atoms with E-state index in [0.29, 0.717) is 16.9 Å². The van der Waals surface area contributed by atoms with E-state index in [1.807, 2.05) is 37.3 Å². The molecule has 4 rings (SSSR count). The first-order chi connectivity index (χ1) is 12.0. The molecule has 4 heteroatoms. The highest BCUT2D eigenvalue weighted by Crippen LogP contribution is 2.43. The van der Waals surface area contributed by atoms with Gasteiger partial charge in [-0.05, 0) is 48.4 Å². The number of aromatic hydroxyl groups is 2.